The lowest BCUT2D eigenvalue weighted by Gasteiger charge is -2.26. The number of nitrogens with zero attached hydrogens (tertiary/aromatic N) is 4. The van der Waals surface area contributed by atoms with Crippen LogP contribution >= 0.6 is 11.8 Å². The van der Waals surface area contributed by atoms with Gasteiger partial charge in [0.25, 0.3) is 5.91 Å². The van der Waals surface area contributed by atoms with E-state index in [9.17, 15) is 9.59 Å². The summed E-state index contributed by atoms with van der Waals surface area (Å²) in [6.07, 6.45) is 1.75. The van der Waals surface area contributed by atoms with Crippen molar-refractivity contribution in [1.29, 1.82) is 0 Å². The molecule has 1 aromatic carbocycles. The first-order valence-electron chi connectivity index (χ1n) is 10.9. The van der Waals surface area contributed by atoms with Gasteiger partial charge in [0.2, 0.25) is 5.91 Å². The smallest absolute Gasteiger partial charge is 0.251 e. The molecule has 2 amide bonds. The Morgan fingerprint density at radius 2 is 1.94 bits per heavy atom. The van der Waals surface area contributed by atoms with Crippen LogP contribution in [0.15, 0.2) is 42.1 Å². The highest BCUT2D eigenvalue weighted by molar-refractivity contribution is 7.99. The molecule has 1 unspecified atom stereocenters. The van der Waals surface area contributed by atoms with Crippen molar-refractivity contribution in [3.8, 4) is 5.75 Å². The average molecular weight is 474 g/mol. The van der Waals surface area contributed by atoms with E-state index in [0.717, 1.165) is 0 Å². The minimum atomic E-state index is -0.364. The zero-order valence-corrected chi connectivity index (χ0v) is 20.1. The van der Waals surface area contributed by atoms with Crippen molar-refractivity contribution in [1.82, 2.24) is 25.0 Å². The highest BCUT2D eigenvalue weighted by Gasteiger charge is 2.27. The first-order chi connectivity index (χ1) is 15.9. The van der Waals surface area contributed by atoms with Crippen LogP contribution in [0.2, 0.25) is 0 Å². The molecule has 1 N–H and O–H groups in total. The maximum atomic E-state index is 12.9. The van der Waals surface area contributed by atoms with Gasteiger partial charge in [0.15, 0.2) is 11.0 Å². The summed E-state index contributed by atoms with van der Waals surface area (Å²) in [4.78, 5) is 27.3. The first-order valence-corrected chi connectivity index (χ1v) is 11.9. The Hall–Kier alpha value is -2.85. The van der Waals surface area contributed by atoms with Gasteiger partial charge in [-0.15, -0.1) is 16.8 Å². The largest absolute Gasteiger partial charge is 0.497 e. The normalized spacial score (nSPS) is 14.7. The molecule has 0 radical (unpaired) electrons. The number of allylic oxidation sites excluding steroid dienone is 1. The second kappa shape index (κ2) is 11.9. The zero-order valence-electron chi connectivity index (χ0n) is 19.3. The minimum Gasteiger partial charge on any atom is -0.497 e. The third-order valence-electron chi connectivity index (χ3n) is 5.33. The van der Waals surface area contributed by atoms with E-state index in [0.29, 0.717) is 55.1 Å². The number of benzene rings is 1. The summed E-state index contributed by atoms with van der Waals surface area (Å²) in [7, 11) is 1.58. The van der Waals surface area contributed by atoms with Gasteiger partial charge < -0.3 is 24.3 Å². The number of hydrogen-bond donors (Lipinski definition) is 1. The molecule has 1 saturated heterocycles. The first kappa shape index (κ1) is 24.8. The maximum Gasteiger partial charge on any atom is 0.251 e. The third-order valence-corrected chi connectivity index (χ3v) is 6.28. The number of thioether (sulfide) groups is 1. The maximum absolute atomic E-state index is 12.9. The summed E-state index contributed by atoms with van der Waals surface area (Å²) >= 11 is 1.34. The van der Waals surface area contributed by atoms with Crippen molar-refractivity contribution in [3.63, 3.8) is 0 Å². The van der Waals surface area contributed by atoms with Crippen molar-refractivity contribution < 1.29 is 19.1 Å². The molecule has 9 nitrogen and oxygen atoms in total. The third kappa shape index (κ3) is 6.35. The van der Waals surface area contributed by atoms with Crippen LogP contribution in [0.4, 0.5) is 0 Å². The van der Waals surface area contributed by atoms with Gasteiger partial charge in [0.05, 0.1) is 32.1 Å². The van der Waals surface area contributed by atoms with Gasteiger partial charge in [-0.3, -0.25) is 9.59 Å². The van der Waals surface area contributed by atoms with Crippen LogP contribution in [0, 0.1) is 5.92 Å². The van der Waals surface area contributed by atoms with Gasteiger partial charge in [-0.05, 0) is 30.2 Å². The predicted octanol–water partition coefficient (Wildman–Crippen LogP) is 2.55. The number of carbonyl (C=O) groups excluding carboxylic acids is 2. The number of amides is 2. The van der Waals surface area contributed by atoms with Crippen LogP contribution in [0.25, 0.3) is 0 Å². The summed E-state index contributed by atoms with van der Waals surface area (Å²) in [5.41, 5.74) is 0.530. The van der Waals surface area contributed by atoms with Crippen LogP contribution in [-0.4, -0.2) is 70.6 Å². The molecule has 10 heteroatoms. The average Bonchev–Trinajstić information content (AvgIpc) is 3.23. The van der Waals surface area contributed by atoms with E-state index < -0.39 is 0 Å². The highest BCUT2D eigenvalue weighted by atomic mass is 32.2. The van der Waals surface area contributed by atoms with Crippen molar-refractivity contribution in [3.05, 3.63) is 48.3 Å². The molecule has 0 saturated carbocycles. The number of ether oxygens (including phenoxy) is 2. The molecule has 1 atom stereocenters. The molecule has 1 fully saturated rings. The molecule has 0 spiro atoms. The second-order valence-electron chi connectivity index (χ2n) is 7.95. The lowest BCUT2D eigenvalue weighted by atomic mass is 10.0. The predicted molar refractivity (Wildman–Crippen MR) is 126 cm³/mol. The molecular formula is C23H31N5O4S. The molecule has 2 aromatic rings. The number of aromatic nitrogens is 3. The summed E-state index contributed by atoms with van der Waals surface area (Å²) < 4.78 is 12.4. The van der Waals surface area contributed by atoms with Gasteiger partial charge in [-0.2, -0.15) is 0 Å². The molecule has 1 aliphatic heterocycles. The van der Waals surface area contributed by atoms with E-state index in [1.807, 2.05) is 18.4 Å². The molecule has 0 bridgehead atoms. The van der Waals surface area contributed by atoms with Crippen molar-refractivity contribution in [2.45, 2.75) is 31.6 Å². The Kier molecular flexibility index (Phi) is 8.90. The number of methoxy groups -OCH3 is 1. The quantitative estimate of drug-likeness (QED) is 0.418. The number of hydrogen-bond acceptors (Lipinski definition) is 7. The SMILES string of the molecule is C=CCn1c(SCC(=O)N2CCOCC2)nnc1C(NC(=O)c1ccc(OC)cc1)C(C)C. The Balaban J connectivity index is 1.75. The van der Waals surface area contributed by atoms with Crippen LogP contribution in [-0.2, 0) is 16.1 Å². The minimum absolute atomic E-state index is 0.0474. The van der Waals surface area contributed by atoms with Gasteiger partial charge in [0, 0.05) is 25.2 Å². The van der Waals surface area contributed by atoms with Gasteiger partial charge in [0.1, 0.15) is 5.75 Å². The van der Waals surface area contributed by atoms with E-state index in [4.69, 9.17) is 9.47 Å². The molecule has 33 heavy (non-hydrogen) atoms. The van der Waals surface area contributed by atoms with Crippen LogP contribution in [0.5, 0.6) is 5.75 Å². The molecule has 1 aromatic heterocycles. The molecule has 0 aliphatic carbocycles. The van der Waals surface area contributed by atoms with E-state index in [1.54, 1.807) is 42.4 Å². The summed E-state index contributed by atoms with van der Waals surface area (Å²) in [5.74, 6) is 1.49. The van der Waals surface area contributed by atoms with Gasteiger partial charge >= 0.3 is 0 Å². The standard InChI is InChI=1S/C23H31N5O4S/c1-5-10-28-21(25-26-23(28)33-15-19(29)27-11-13-32-14-12-27)20(16(2)3)24-22(30)17-6-8-18(31-4)9-7-17/h5-9,16,20H,1,10-15H2,2-4H3,(H,24,30). The van der Waals surface area contributed by atoms with Crippen molar-refractivity contribution in [2.24, 2.45) is 5.92 Å². The summed E-state index contributed by atoms with van der Waals surface area (Å²) in [6.45, 7) is 10.7. The number of nitrogens with one attached hydrogen (secondary N) is 1. The van der Waals surface area contributed by atoms with E-state index in [-0.39, 0.29) is 29.5 Å². The number of rotatable bonds is 10. The van der Waals surface area contributed by atoms with Crippen LogP contribution < -0.4 is 10.1 Å². The van der Waals surface area contributed by atoms with Crippen molar-refractivity contribution >= 4 is 23.6 Å². The van der Waals surface area contributed by atoms with Gasteiger partial charge in [-0.1, -0.05) is 31.7 Å². The van der Waals surface area contributed by atoms with Crippen molar-refractivity contribution in [2.75, 3.05) is 39.2 Å². The summed E-state index contributed by atoms with van der Waals surface area (Å²) in [5, 5.41) is 12.4. The Morgan fingerprint density at radius 1 is 1.24 bits per heavy atom. The van der Waals surface area contributed by atoms with E-state index in [1.165, 1.54) is 11.8 Å². The monoisotopic (exact) mass is 473 g/mol. The molecule has 178 valence electrons. The fraction of sp³-hybridized carbons (Fsp3) is 0.478. The Morgan fingerprint density at radius 3 is 2.55 bits per heavy atom. The topological polar surface area (TPSA) is 98.6 Å². The molecule has 3 rings (SSSR count). The second-order valence-corrected chi connectivity index (χ2v) is 8.89. The number of morpholine rings is 1. The fourth-order valence-corrected chi connectivity index (χ4v) is 4.32. The van der Waals surface area contributed by atoms with E-state index >= 15 is 0 Å². The van der Waals surface area contributed by atoms with Crippen LogP contribution in [0.3, 0.4) is 0 Å². The lowest BCUT2D eigenvalue weighted by molar-refractivity contribution is -0.132. The molecular weight excluding hydrogens is 442 g/mol. The number of carbonyl (C=O) groups is 2. The molecule has 1 aliphatic rings. The van der Waals surface area contributed by atoms with E-state index in [2.05, 4.69) is 22.1 Å². The van der Waals surface area contributed by atoms with Gasteiger partial charge in [-0.25, -0.2) is 0 Å². The Labute approximate surface area is 198 Å². The van der Waals surface area contributed by atoms with Crippen LogP contribution in [0.1, 0.15) is 36.1 Å². The fourth-order valence-electron chi connectivity index (χ4n) is 3.46. The Bertz CT molecular complexity index is 954. The zero-order chi connectivity index (χ0) is 23.8. The lowest BCUT2D eigenvalue weighted by Crippen LogP contribution is -2.41. The highest BCUT2D eigenvalue weighted by Crippen LogP contribution is 2.26. The molecule has 2 heterocycles. The summed E-state index contributed by atoms with van der Waals surface area (Å²) in [6, 6.07) is 6.58.